The minimum Gasteiger partial charge on any atom is -0.261 e. The minimum absolute atomic E-state index is 0.00132. The zero-order chi connectivity index (χ0) is 13.3. The largest absolute Gasteiger partial charge is 0.264 e. The van der Waals surface area contributed by atoms with Gasteiger partial charge in [0.25, 0.3) is 16.0 Å². The second-order valence-corrected chi connectivity index (χ2v) is 6.37. The highest BCUT2D eigenvalue weighted by Gasteiger charge is 2.17. The molecule has 0 aliphatic heterocycles. The fraction of sp³-hybridized carbons (Fsp3) is 0.111. The number of rotatable bonds is 3. The number of aromatic amines is 1. The fourth-order valence-corrected chi connectivity index (χ4v) is 2.83. The zero-order valence-corrected chi connectivity index (χ0v) is 12.3. The highest BCUT2D eigenvalue weighted by Crippen LogP contribution is 2.25. The number of halogens is 2. The van der Waals surface area contributed by atoms with Crippen molar-refractivity contribution in [2.45, 2.75) is 11.8 Å². The van der Waals surface area contributed by atoms with E-state index in [1.54, 1.807) is 6.92 Å². The third kappa shape index (κ3) is 2.82. The van der Waals surface area contributed by atoms with Gasteiger partial charge in [-0.1, -0.05) is 11.6 Å². The van der Waals surface area contributed by atoms with Crippen LogP contribution in [0.15, 0.2) is 27.6 Å². The van der Waals surface area contributed by atoms with Crippen LogP contribution in [0, 0.1) is 6.92 Å². The molecule has 6 nitrogen and oxygen atoms in total. The van der Waals surface area contributed by atoms with Crippen molar-refractivity contribution < 1.29 is 8.42 Å². The van der Waals surface area contributed by atoms with Gasteiger partial charge in [-0.2, -0.15) is 4.98 Å². The summed E-state index contributed by atoms with van der Waals surface area (Å²) in [7, 11) is -3.72. The lowest BCUT2D eigenvalue weighted by atomic mass is 10.4. The van der Waals surface area contributed by atoms with Gasteiger partial charge in [0.1, 0.15) is 5.82 Å². The summed E-state index contributed by atoms with van der Waals surface area (Å²) in [6.07, 6.45) is 0. The Balaban J connectivity index is 2.33. The first-order chi connectivity index (χ1) is 8.38. The maximum Gasteiger partial charge on any atom is 0.264 e. The van der Waals surface area contributed by atoms with E-state index in [4.69, 9.17) is 11.6 Å². The molecule has 2 rings (SSSR count). The van der Waals surface area contributed by atoms with Gasteiger partial charge >= 0.3 is 0 Å². The molecule has 0 saturated carbocycles. The Kier molecular flexibility index (Phi) is 3.60. The zero-order valence-electron chi connectivity index (χ0n) is 9.11. The monoisotopic (exact) mass is 350 g/mol. The van der Waals surface area contributed by atoms with Gasteiger partial charge in [-0.05, 0) is 41.1 Å². The highest BCUT2D eigenvalue weighted by atomic mass is 79.9. The van der Waals surface area contributed by atoms with E-state index in [1.807, 2.05) is 0 Å². The van der Waals surface area contributed by atoms with E-state index in [0.717, 1.165) is 0 Å². The molecule has 0 unspecified atom stereocenters. The van der Waals surface area contributed by atoms with Crippen LogP contribution in [0.1, 0.15) is 5.82 Å². The minimum atomic E-state index is -3.72. The van der Waals surface area contributed by atoms with Gasteiger partial charge in [0.2, 0.25) is 0 Å². The third-order valence-electron chi connectivity index (χ3n) is 2.02. The lowest BCUT2D eigenvalue weighted by Gasteiger charge is -2.05. The van der Waals surface area contributed by atoms with E-state index < -0.39 is 10.0 Å². The van der Waals surface area contributed by atoms with Crippen LogP contribution in [-0.4, -0.2) is 23.6 Å². The van der Waals surface area contributed by atoms with Crippen LogP contribution in [-0.2, 0) is 10.0 Å². The first kappa shape index (κ1) is 13.3. The molecule has 0 fully saturated rings. The summed E-state index contributed by atoms with van der Waals surface area (Å²) in [5.41, 5.74) is 0. The van der Waals surface area contributed by atoms with E-state index in [2.05, 4.69) is 35.8 Å². The summed E-state index contributed by atoms with van der Waals surface area (Å²) >= 11 is 8.97. The maximum absolute atomic E-state index is 12.0. The van der Waals surface area contributed by atoms with Gasteiger partial charge in [-0.15, -0.1) is 5.10 Å². The Labute approximate surface area is 117 Å². The molecule has 0 saturated heterocycles. The number of aromatic nitrogens is 3. The molecule has 1 heterocycles. The maximum atomic E-state index is 12.0. The molecular formula is C9H8BrClN4O2S. The molecule has 0 spiro atoms. The number of nitrogens with zero attached hydrogens (tertiary/aromatic N) is 2. The average molecular weight is 352 g/mol. The van der Waals surface area contributed by atoms with Crippen molar-refractivity contribution in [1.29, 1.82) is 0 Å². The fourth-order valence-electron chi connectivity index (χ4n) is 1.21. The molecule has 0 atom stereocenters. The van der Waals surface area contributed by atoms with E-state index in [9.17, 15) is 8.42 Å². The van der Waals surface area contributed by atoms with Crippen molar-refractivity contribution in [2.75, 3.05) is 4.72 Å². The first-order valence-electron chi connectivity index (χ1n) is 4.75. The second-order valence-electron chi connectivity index (χ2n) is 3.43. The molecule has 2 N–H and O–H groups in total. The van der Waals surface area contributed by atoms with Gasteiger partial charge in [-0.25, -0.2) is 13.1 Å². The van der Waals surface area contributed by atoms with Crippen LogP contribution >= 0.6 is 27.5 Å². The van der Waals surface area contributed by atoms with E-state index in [-0.39, 0.29) is 10.8 Å². The summed E-state index contributed by atoms with van der Waals surface area (Å²) in [5.74, 6) is 0.517. The van der Waals surface area contributed by atoms with Crippen LogP contribution in [0.3, 0.4) is 0 Å². The number of aryl methyl sites for hydroxylation is 1. The Bertz CT molecular complexity index is 686. The second kappa shape index (κ2) is 4.87. The van der Waals surface area contributed by atoms with Crippen molar-refractivity contribution in [3.05, 3.63) is 33.5 Å². The lowest BCUT2D eigenvalue weighted by molar-refractivity contribution is 0.601. The summed E-state index contributed by atoms with van der Waals surface area (Å²) in [4.78, 5) is 3.94. The summed E-state index contributed by atoms with van der Waals surface area (Å²) < 4.78 is 26.8. The molecule has 96 valence electrons. The third-order valence-corrected chi connectivity index (χ3v) is 4.56. The molecule has 9 heteroatoms. The molecular weight excluding hydrogens is 344 g/mol. The van der Waals surface area contributed by atoms with E-state index in [1.165, 1.54) is 18.2 Å². The number of hydrogen-bond donors (Lipinski definition) is 2. The predicted molar refractivity (Wildman–Crippen MR) is 71.1 cm³/mol. The molecule has 0 bridgehead atoms. The molecule has 0 radical (unpaired) electrons. The molecule has 1 aromatic heterocycles. The van der Waals surface area contributed by atoms with Crippen LogP contribution in [0.5, 0.6) is 0 Å². The molecule has 2 aromatic rings. The normalized spacial score (nSPS) is 11.5. The van der Waals surface area contributed by atoms with Gasteiger partial charge in [0.05, 0.1) is 9.92 Å². The van der Waals surface area contributed by atoms with Crippen molar-refractivity contribution in [2.24, 2.45) is 0 Å². The average Bonchev–Trinajstić information content (AvgIpc) is 2.67. The standard InChI is InChI=1S/C9H8BrClN4O2S/c1-5-12-9(14-13-5)15-18(16,17)6-2-3-8(11)7(10)4-6/h2-4H,1H3,(H2,12,13,14,15). The number of anilines is 1. The van der Waals surface area contributed by atoms with E-state index in [0.29, 0.717) is 15.3 Å². The number of H-pyrrole nitrogens is 1. The number of benzene rings is 1. The Hall–Kier alpha value is -1.12. The SMILES string of the molecule is Cc1nc(NS(=O)(=O)c2ccc(Cl)c(Br)c2)n[nH]1. The van der Waals surface area contributed by atoms with Gasteiger partial charge in [-0.3, -0.25) is 5.10 Å². The Morgan fingerprint density at radius 2 is 2.17 bits per heavy atom. The highest BCUT2D eigenvalue weighted by molar-refractivity contribution is 9.10. The van der Waals surface area contributed by atoms with Gasteiger partial charge in [0.15, 0.2) is 0 Å². The first-order valence-corrected chi connectivity index (χ1v) is 7.41. The van der Waals surface area contributed by atoms with Gasteiger partial charge in [0, 0.05) is 4.47 Å². The summed E-state index contributed by atoms with van der Waals surface area (Å²) in [6.45, 7) is 1.67. The van der Waals surface area contributed by atoms with E-state index >= 15 is 0 Å². The smallest absolute Gasteiger partial charge is 0.261 e. The molecule has 1 aromatic carbocycles. The molecule has 0 aliphatic carbocycles. The molecule has 0 amide bonds. The quantitative estimate of drug-likeness (QED) is 0.888. The van der Waals surface area contributed by atoms with Crippen molar-refractivity contribution in [1.82, 2.24) is 15.2 Å². The Morgan fingerprint density at radius 3 is 2.72 bits per heavy atom. The van der Waals surface area contributed by atoms with Crippen molar-refractivity contribution in [3.63, 3.8) is 0 Å². The lowest BCUT2D eigenvalue weighted by Crippen LogP contribution is -2.14. The van der Waals surface area contributed by atoms with Crippen LogP contribution < -0.4 is 4.72 Å². The summed E-state index contributed by atoms with van der Waals surface area (Å²) in [5, 5.41) is 6.68. The Morgan fingerprint density at radius 1 is 1.44 bits per heavy atom. The number of hydrogen-bond acceptors (Lipinski definition) is 4. The van der Waals surface area contributed by atoms with Crippen molar-refractivity contribution >= 4 is 43.5 Å². The van der Waals surface area contributed by atoms with Crippen LogP contribution in [0.4, 0.5) is 5.95 Å². The van der Waals surface area contributed by atoms with Crippen LogP contribution in [0.2, 0.25) is 5.02 Å². The molecule has 18 heavy (non-hydrogen) atoms. The predicted octanol–water partition coefficient (Wildman–Crippen LogP) is 2.33. The van der Waals surface area contributed by atoms with Crippen molar-refractivity contribution in [3.8, 4) is 0 Å². The number of sulfonamides is 1. The topological polar surface area (TPSA) is 87.7 Å². The van der Waals surface area contributed by atoms with Gasteiger partial charge < -0.3 is 0 Å². The number of nitrogens with one attached hydrogen (secondary N) is 2. The van der Waals surface area contributed by atoms with Crippen LogP contribution in [0.25, 0.3) is 0 Å². The molecule has 0 aliphatic rings. The summed E-state index contributed by atoms with van der Waals surface area (Å²) in [6, 6.07) is 4.29.